The van der Waals surface area contributed by atoms with E-state index >= 15 is 0 Å². The second kappa shape index (κ2) is 7.04. The van der Waals surface area contributed by atoms with E-state index in [9.17, 15) is 8.42 Å². The molecular formula is C14H25N3O2S. The van der Waals surface area contributed by atoms with Crippen molar-refractivity contribution in [3.63, 3.8) is 0 Å². The lowest BCUT2D eigenvalue weighted by atomic mass is 10.0. The van der Waals surface area contributed by atoms with Crippen LogP contribution in [0, 0.1) is 0 Å². The van der Waals surface area contributed by atoms with Gasteiger partial charge in [0.2, 0.25) is 10.0 Å². The number of pyridine rings is 1. The molecule has 1 rings (SSSR count). The Morgan fingerprint density at radius 2 is 1.95 bits per heavy atom. The maximum Gasteiger partial charge on any atom is 0.241 e. The van der Waals surface area contributed by atoms with Crippen LogP contribution in [0.4, 0.5) is 5.82 Å². The lowest BCUT2D eigenvalue weighted by Gasteiger charge is -2.25. The summed E-state index contributed by atoms with van der Waals surface area (Å²) in [5.74, 6) is 0.586. The summed E-state index contributed by atoms with van der Waals surface area (Å²) in [7, 11) is -3.52. The van der Waals surface area contributed by atoms with Crippen molar-refractivity contribution >= 4 is 15.8 Å². The van der Waals surface area contributed by atoms with Crippen molar-refractivity contribution in [2.75, 3.05) is 11.9 Å². The second-order valence-corrected chi connectivity index (χ2v) is 7.23. The van der Waals surface area contributed by atoms with Gasteiger partial charge in [0, 0.05) is 24.3 Å². The Labute approximate surface area is 122 Å². The molecule has 0 saturated heterocycles. The van der Waals surface area contributed by atoms with Crippen molar-refractivity contribution in [1.29, 1.82) is 0 Å². The van der Waals surface area contributed by atoms with E-state index in [1.54, 1.807) is 6.07 Å². The van der Waals surface area contributed by atoms with Crippen molar-refractivity contribution in [3.8, 4) is 0 Å². The van der Waals surface area contributed by atoms with Gasteiger partial charge in [-0.15, -0.1) is 0 Å². The Hall–Kier alpha value is -1.14. The van der Waals surface area contributed by atoms with Crippen LogP contribution in [0.1, 0.15) is 47.0 Å². The molecule has 0 aliphatic carbocycles. The van der Waals surface area contributed by atoms with Gasteiger partial charge in [-0.2, -0.15) is 0 Å². The predicted octanol–water partition coefficient (Wildman–Crippen LogP) is 2.76. The Morgan fingerprint density at radius 1 is 1.25 bits per heavy atom. The first kappa shape index (κ1) is 16.9. The van der Waals surface area contributed by atoms with Gasteiger partial charge in [0.15, 0.2) is 0 Å². The smallest absolute Gasteiger partial charge is 0.241 e. The quantitative estimate of drug-likeness (QED) is 0.774. The average Bonchev–Trinajstić information content (AvgIpc) is 2.35. The molecule has 0 bridgehead atoms. The number of hydrogen-bond acceptors (Lipinski definition) is 4. The van der Waals surface area contributed by atoms with Crippen molar-refractivity contribution in [2.24, 2.45) is 0 Å². The van der Waals surface area contributed by atoms with Gasteiger partial charge in [-0.3, -0.25) is 0 Å². The fourth-order valence-electron chi connectivity index (χ4n) is 2.03. The van der Waals surface area contributed by atoms with Crippen molar-refractivity contribution in [3.05, 3.63) is 18.3 Å². The number of aromatic nitrogens is 1. The third-order valence-corrected chi connectivity index (χ3v) is 4.58. The highest BCUT2D eigenvalue weighted by molar-refractivity contribution is 7.89. The first-order valence-corrected chi connectivity index (χ1v) is 8.53. The standard InChI is InChI=1S/C14H25N3O2S/c1-5-8-14(3,4)17-20(18,19)12-7-10-16-13(11-12)15-9-6-2/h7,10-11,17H,5-6,8-9H2,1-4H3,(H,15,16). The molecule has 0 aliphatic rings. The van der Waals surface area contributed by atoms with Crippen LogP contribution in [0.2, 0.25) is 0 Å². The van der Waals surface area contributed by atoms with E-state index < -0.39 is 15.6 Å². The van der Waals surface area contributed by atoms with Gasteiger partial charge in [0.05, 0.1) is 4.90 Å². The van der Waals surface area contributed by atoms with Gasteiger partial charge in [-0.25, -0.2) is 18.1 Å². The highest BCUT2D eigenvalue weighted by Gasteiger charge is 2.25. The zero-order valence-electron chi connectivity index (χ0n) is 12.7. The first-order chi connectivity index (χ1) is 9.30. The molecule has 2 N–H and O–H groups in total. The van der Waals surface area contributed by atoms with Gasteiger partial charge < -0.3 is 5.32 Å². The minimum atomic E-state index is -3.52. The number of nitrogens with zero attached hydrogens (tertiary/aromatic N) is 1. The number of anilines is 1. The number of hydrogen-bond donors (Lipinski definition) is 2. The molecule has 0 unspecified atom stereocenters. The molecule has 0 atom stereocenters. The Kier molecular flexibility index (Phi) is 5.95. The summed E-state index contributed by atoms with van der Waals surface area (Å²) in [6.45, 7) is 8.64. The van der Waals surface area contributed by atoms with Crippen LogP contribution >= 0.6 is 0 Å². The lowest BCUT2D eigenvalue weighted by molar-refractivity contribution is 0.417. The predicted molar refractivity (Wildman–Crippen MR) is 82.3 cm³/mol. The maximum absolute atomic E-state index is 12.4. The molecule has 1 aromatic rings. The van der Waals surface area contributed by atoms with Gasteiger partial charge in [0.25, 0.3) is 0 Å². The summed E-state index contributed by atoms with van der Waals surface area (Å²) in [5, 5.41) is 3.09. The second-order valence-electron chi connectivity index (χ2n) is 5.54. The maximum atomic E-state index is 12.4. The third kappa shape index (κ3) is 5.09. The van der Waals surface area contributed by atoms with Crippen LogP contribution in [-0.2, 0) is 10.0 Å². The van der Waals surface area contributed by atoms with Crippen molar-refractivity contribution in [2.45, 2.75) is 57.4 Å². The van der Waals surface area contributed by atoms with Crippen molar-refractivity contribution < 1.29 is 8.42 Å². The molecule has 114 valence electrons. The summed E-state index contributed by atoms with van der Waals surface area (Å²) in [4.78, 5) is 4.37. The molecule has 0 fully saturated rings. The highest BCUT2D eigenvalue weighted by Crippen LogP contribution is 2.18. The molecule has 1 aromatic heterocycles. The van der Waals surface area contributed by atoms with E-state index in [1.807, 2.05) is 27.7 Å². The molecule has 0 saturated carbocycles. The fourth-order valence-corrected chi connectivity index (χ4v) is 3.48. The summed E-state index contributed by atoms with van der Waals surface area (Å²) in [6.07, 6.45) is 4.19. The van der Waals surface area contributed by atoms with Crippen LogP contribution in [0.25, 0.3) is 0 Å². The molecular weight excluding hydrogens is 274 g/mol. The van der Waals surface area contributed by atoms with Gasteiger partial charge in [0.1, 0.15) is 5.82 Å². The number of sulfonamides is 1. The topological polar surface area (TPSA) is 71.1 Å². The summed E-state index contributed by atoms with van der Waals surface area (Å²) in [6, 6.07) is 3.08. The van der Waals surface area contributed by atoms with E-state index in [2.05, 4.69) is 15.0 Å². The summed E-state index contributed by atoms with van der Waals surface area (Å²) in [5.41, 5.74) is -0.451. The van der Waals surface area contributed by atoms with Crippen LogP contribution in [0.15, 0.2) is 23.2 Å². The highest BCUT2D eigenvalue weighted by atomic mass is 32.2. The molecule has 0 spiro atoms. The van der Waals surface area contributed by atoms with E-state index in [1.165, 1.54) is 12.3 Å². The number of nitrogens with one attached hydrogen (secondary N) is 2. The first-order valence-electron chi connectivity index (χ1n) is 7.04. The zero-order valence-corrected chi connectivity index (χ0v) is 13.5. The normalized spacial score (nSPS) is 12.4. The Morgan fingerprint density at radius 3 is 2.55 bits per heavy atom. The minimum Gasteiger partial charge on any atom is -0.370 e. The summed E-state index contributed by atoms with van der Waals surface area (Å²) < 4.78 is 27.5. The molecule has 1 heterocycles. The van der Waals surface area contributed by atoms with E-state index in [0.717, 1.165) is 25.8 Å². The van der Waals surface area contributed by atoms with Crippen molar-refractivity contribution in [1.82, 2.24) is 9.71 Å². The summed E-state index contributed by atoms with van der Waals surface area (Å²) >= 11 is 0. The van der Waals surface area contributed by atoms with E-state index in [0.29, 0.717) is 5.82 Å². The Bertz CT molecular complexity index is 527. The SMILES string of the molecule is CCCNc1cc(S(=O)(=O)NC(C)(C)CCC)ccn1. The van der Waals surface area contributed by atoms with Crippen LogP contribution < -0.4 is 10.0 Å². The van der Waals surface area contributed by atoms with Crippen LogP contribution in [0.5, 0.6) is 0 Å². The van der Waals surface area contributed by atoms with E-state index in [4.69, 9.17) is 0 Å². The lowest BCUT2D eigenvalue weighted by Crippen LogP contribution is -2.43. The number of rotatable bonds is 8. The van der Waals surface area contributed by atoms with Gasteiger partial charge >= 0.3 is 0 Å². The largest absolute Gasteiger partial charge is 0.370 e. The molecule has 0 aliphatic heterocycles. The molecule has 0 aromatic carbocycles. The zero-order chi connectivity index (χ0) is 15.2. The van der Waals surface area contributed by atoms with Crippen LogP contribution in [0.3, 0.4) is 0 Å². The van der Waals surface area contributed by atoms with Gasteiger partial charge in [-0.1, -0.05) is 20.3 Å². The van der Waals surface area contributed by atoms with Gasteiger partial charge in [-0.05, 0) is 32.8 Å². The van der Waals surface area contributed by atoms with Crippen LogP contribution in [-0.4, -0.2) is 25.5 Å². The molecule has 20 heavy (non-hydrogen) atoms. The Balaban J connectivity index is 2.92. The molecule has 0 amide bonds. The van der Waals surface area contributed by atoms with E-state index in [-0.39, 0.29) is 4.90 Å². The monoisotopic (exact) mass is 299 g/mol. The fraction of sp³-hybridized carbons (Fsp3) is 0.643. The average molecular weight is 299 g/mol. The molecule has 0 radical (unpaired) electrons. The minimum absolute atomic E-state index is 0.246. The molecule has 6 heteroatoms. The third-order valence-electron chi connectivity index (χ3n) is 2.88. The molecule has 5 nitrogen and oxygen atoms in total.